The Balaban J connectivity index is 1.81. The molecule has 0 spiro atoms. The van der Waals surface area contributed by atoms with Crippen LogP contribution in [0.1, 0.15) is 29.9 Å². The van der Waals surface area contributed by atoms with Gasteiger partial charge in [0.25, 0.3) is 0 Å². The third-order valence-electron chi connectivity index (χ3n) is 4.41. The van der Waals surface area contributed by atoms with Crippen molar-refractivity contribution in [2.24, 2.45) is 5.92 Å². The maximum absolute atomic E-state index is 13.3. The summed E-state index contributed by atoms with van der Waals surface area (Å²) >= 11 is 7.91. The number of esters is 1. The second-order valence-corrected chi connectivity index (χ2v) is 9.01. The molecule has 0 amide bonds. The van der Waals surface area contributed by atoms with Gasteiger partial charge < -0.3 is 4.74 Å². The predicted octanol–water partition coefficient (Wildman–Crippen LogP) is 6.76. The van der Waals surface area contributed by atoms with Gasteiger partial charge in [0, 0.05) is 11.3 Å². The molecular weight excluding hydrogens is 461 g/mol. The van der Waals surface area contributed by atoms with Crippen LogP contribution in [0.4, 0.5) is 13.2 Å². The van der Waals surface area contributed by atoms with E-state index in [0.29, 0.717) is 35.1 Å². The average Bonchev–Trinajstić information content (AvgIpc) is 3.19. The van der Waals surface area contributed by atoms with Gasteiger partial charge in [0.1, 0.15) is 6.61 Å². The minimum Gasteiger partial charge on any atom is -0.461 e. The van der Waals surface area contributed by atoms with Crippen molar-refractivity contribution in [1.29, 1.82) is 0 Å². The Kier molecular flexibility index (Phi) is 7.90. The summed E-state index contributed by atoms with van der Waals surface area (Å²) in [6.45, 7) is 4.54. The van der Waals surface area contributed by atoms with Crippen molar-refractivity contribution in [1.82, 2.24) is 9.78 Å². The SMILES string of the molecule is CC(C)CSCCOC(=O)c1ccc(-c2cc(C(F)(F)F)nn2-c2ccccc2Cl)cc1. The molecule has 0 unspecified atom stereocenters. The van der Waals surface area contributed by atoms with Crippen molar-refractivity contribution < 1.29 is 22.7 Å². The summed E-state index contributed by atoms with van der Waals surface area (Å²) in [5, 5.41) is 3.99. The van der Waals surface area contributed by atoms with Crippen molar-refractivity contribution in [2.45, 2.75) is 20.0 Å². The first-order valence-electron chi connectivity index (χ1n) is 9.94. The molecule has 0 aliphatic carbocycles. The van der Waals surface area contributed by atoms with E-state index in [1.807, 2.05) is 0 Å². The maximum Gasteiger partial charge on any atom is 0.435 e. The molecule has 0 N–H and O–H groups in total. The minimum atomic E-state index is -4.61. The van der Waals surface area contributed by atoms with Gasteiger partial charge in [-0.25, -0.2) is 9.48 Å². The lowest BCUT2D eigenvalue weighted by molar-refractivity contribution is -0.141. The molecule has 0 saturated heterocycles. The molecule has 3 rings (SSSR count). The van der Waals surface area contributed by atoms with Crippen LogP contribution in [0.2, 0.25) is 5.02 Å². The van der Waals surface area contributed by atoms with E-state index in [0.717, 1.165) is 16.5 Å². The van der Waals surface area contributed by atoms with Gasteiger partial charge >= 0.3 is 12.1 Å². The van der Waals surface area contributed by atoms with Gasteiger partial charge in [-0.15, -0.1) is 0 Å². The number of thioether (sulfide) groups is 1. The number of alkyl halides is 3. The van der Waals surface area contributed by atoms with Crippen LogP contribution < -0.4 is 0 Å². The number of ether oxygens (including phenoxy) is 1. The lowest BCUT2D eigenvalue weighted by atomic mass is 10.1. The summed E-state index contributed by atoms with van der Waals surface area (Å²) in [4.78, 5) is 12.2. The molecule has 170 valence electrons. The number of hydrogen-bond donors (Lipinski definition) is 0. The van der Waals surface area contributed by atoms with Crippen LogP contribution in [0.5, 0.6) is 0 Å². The first-order chi connectivity index (χ1) is 15.2. The molecule has 32 heavy (non-hydrogen) atoms. The zero-order chi connectivity index (χ0) is 23.3. The highest BCUT2D eigenvalue weighted by molar-refractivity contribution is 7.99. The fraction of sp³-hybridized carbons (Fsp3) is 0.304. The number of nitrogens with zero attached hydrogens (tertiary/aromatic N) is 2. The fourth-order valence-electron chi connectivity index (χ4n) is 2.91. The summed E-state index contributed by atoms with van der Waals surface area (Å²) in [5.74, 6) is 1.79. The zero-order valence-electron chi connectivity index (χ0n) is 17.5. The standard InChI is InChI=1S/C23H22ClF3N2O2S/c1-15(2)14-32-12-11-31-22(30)17-9-7-16(8-10-17)20-13-21(23(25,26)27)28-29(20)19-6-4-3-5-18(19)24/h3-10,13,15H,11-12,14H2,1-2H3. The number of para-hydroxylation sites is 1. The quantitative estimate of drug-likeness (QED) is 0.263. The Bertz CT molecular complexity index is 1070. The molecule has 0 aliphatic rings. The van der Waals surface area contributed by atoms with Gasteiger partial charge in [0.15, 0.2) is 5.69 Å². The van der Waals surface area contributed by atoms with E-state index in [4.69, 9.17) is 16.3 Å². The van der Waals surface area contributed by atoms with Crippen molar-refractivity contribution in [3.63, 3.8) is 0 Å². The zero-order valence-corrected chi connectivity index (χ0v) is 19.1. The Hall–Kier alpha value is -2.45. The lowest BCUT2D eigenvalue weighted by Gasteiger charge is -2.10. The van der Waals surface area contributed by atoms with Gasteiger partial charge in [0.05, 0.1) is 22.0 Å². The van der Waals surface area contributed by atoms with E-state index < -0.39 is 17.8 Å². The maximum atomic E-state index is 13.3. The van der Waals surface area contributed by atoms with Crippen LogP contribution in [0.15, 0.2) is 54.6 Å². The van der Waals surface area contributed by atoms with Crippen molar-refractivity contribution in [3.8, 4) is 16.9 Å². The third-order valence-corrected chi connectivity index (χ3v) is 6.09. The highest BCUT2D eigenvalue weighted by Gasteiger charge is 2.35. The van der Waals surface area contributed by atoms with Crippen LogP contribution in [0, 0.1) is 5.92 Å². The molecule has 2 aromatic carbocycles. The van der Waals surface area contributed by atoms with Crippen LogP contribution in [-0.4, -0.2) is 33.9 Å². The van der Waals surface area contributed by atoms with Crippen molar-refractivity contribution >= 4 is 29.3 Å². The minimum absolute atomic E-state index is 0.204. The second kappa shape index (κ2) is 10.4. The molecule has 9 heteroatoms. The number of carbonyl (C=O) groups is 1. The largest absolute Gasteiger partial charge is 0.461 e. The highest BCUT2D eigenvalue weighted by Crippen LogP contribution is 2.34. The number of carbonyl (C=O) groups excluding carboxylic acids is 1. The van der Waals surface area contributed by atoms with Gasteiger partial charge in [-0.1, -0.05) is 49.7 Å². The van der Waals surface area contributed by atoms with E-state index in [1.54, 1.807) is 48.2 Å². The molecule has 1 heterocycles. The monoisotopic (exact) mass is 482 g/mol. The third kappa shape index (κ3) is 6.07. The molecule has 1 aromatic heterocycles. The molecule has 3 aromatic rings. The number of rotatable bonds is 8. The van der Waals surface area contributed by atoms with Crippen molar-refractivity contribution in [2.75, 3.05) is 18.1 Å². The summed E-state index contributed by atoms with van der Waals surface area (Å²) < 4.78 is 46.4. The molecule has 0 aliphatic heterocycles. The molecule has 0 atom stereocenters. The first-order valence-corrected chi connectivity index (χ1v) is 11.5. The predicted molar refractivity (Wildman–Crippen MR) is 121 cm³/mol. The average molecular weight is 483 g/mol. The van der Waals surface area contributed by atoms with Gasteiger partial charge in [-0.3, -0.25) is 0 Å². The summed E-state index contributed by atoms with van der Waals surface area (Å²) in [6.07, 6.45) is -4.61. The van der Waals surface area contributed by atoms with Crippen LogP contribution in [0.25, 0.3) is 16.9 Å². The van der Waals surface area contributed by atoms with Crippen LogP contribution in [0.3, 0.4) is 0 Å². The van der Waals surface area contributed by atoms with Crippen LogP contribution in [-0.2, 0) is 10.9 Å². The second-order valence-electron chi connectivity index (χ2n) is 7.46. The molecule has 0 bridgehead atoms. The van der Waals surface area contributed by atoms with Crippen LogP contribution >= 0.6 is 23.4 Å². The normalized spacial score (nSPS) is 11.7. The van der Waals surface area contributed by atoms with Gasteiger partial charge in [0.2, 0.25) is 0 Å². The van der Waals surface area contributed by atoms with E-state index in [1.165, 1.54) is 12.1 Å². The molecule has 4 nitrogen and oxygen atoms in total. The smallest absolute Gasteiger partial charge is 0.435 e. The van der Waals surface area contributed by atoms with Crippen molar-refractivity contribution in [3.05, 3.63) is 70.9 Å². The number of hydrogen-bond acceptors (Lipinski definition) is 4. The number of benzene rings is 2. The van der Waals surface area contributed by atoms with E-state index >= 15 is 0 Å². The Morgan fingerprint density at radius 2 is 1.84 bits per heavy atom. The molecule has 0 saturated carbocycles. The summed E-state index contributed by atoms with van der Waals surface area (Å²) in [7, 11) is 0. The Morgan fingerprint density at radius 1 is 1.16 bits per heavy atom. The first kappa shape index (κ1) is 24.2. The molecule has 0 fully saturated rings. The Morgan fingerprint density at radius 3 is 2.47 bits per heavy atom. The lowest BCUT2D eigenvalue weighted by Crippen LogP contribution is -2.08. The number of halogens is 4. The molecule has 0 radical (unpaired) electrons. The topological polar surface area (TPSA) is 44.1 Å². The highest BCUT2D eigenvalue weighted by atomic mass is 35.5. The molecular formula is C23H22ClF3N2O2S. The van der Waals surface area contributed by atoms with E-state index in [9.17, 15) is 18.0 Å². The summed E-state index contributed by atoms with van der Waals surface area (Å²) in [5.41, 5.74) is 0.270. The number of aromatic nitrogens is 2. The van der Waals surface area contributed by atoms with Gasteiger partial charge in [-0.05, 0) is 42.0 Å². The Labute approximate surface area is 193 Å². The van der Waals surface area contributed by atoms with E-state index in [2.05, 4.69) is 18.9 Å². The fourth-order valence-corrected chi connectivity index (χ4v) is 3.96. The summed E-state index contributed by atoms with van der Waals surface area (Å²) in [6, 6.07) is 13.6. The van der Waals surface area contributed by atoms with E-state index in [-0.39, 0.29) is 10.7 Å². The van der Waals surface area contributed by atoms with Gasteiger partial charge in [-0.2, -0.15) is 30.0 Å².